The number of carboxylic acids is 1. The van der Waals surface area contributed by atoms with E-state index in [1.54, 1.807) is 6.92 Å². The van der Waals surface area contributed by atoms with Crippen LogP contribution in [-0.4, -0.2) is 64.6 Å². The van der Waals surface area contributed by atoms with Crippen LogP contribution in [0.15, 0.2) is 0 Å². The highest BCUT2D eigenvalue weighted by Gasteiger charge is 2.93. The first-order valence-electron chi connectivity index (χ1n) is 9.57. The van der Waals surface area contributed by atoms with Gasteiger partial charge in [0, 0.05) is 0 Å². The van der Waals surface area contributed by atoms with Crippen LogP contribution >= 0.6 is 0 Å². The molecule has 1 atom stereocenters. The Morgan fingerprint density at radius 1 is 0.649 bits per heavy atom. The first kappa shape index (κ1) is 34.8. The van der Waals surface area contributed by atoms with E-state index in [9.17, 15) is 79.4 Å². The van der Waals surface area contributed by atoms with Crippen LogP contribution in [0.25, 0.3) is 0 Å². The van der Waals surface area contributed by atoms with E-state index < -0.39 is 71.9 Å². The summed E-state index contributed by atoms with van der Waals surface area (Å²) >= 11 is 0. The van der Waals surface area contributed by atoms with Gasteiger partial charge in [-0.05, 0) is 18.3 Å². The zero-order chi connectivity index (χ0) is 30.1. The van der Waals surface area contributed by atoms with Gasteiger partial charge in [-0.2, -0.15) is 70.2 Å². The van der Waals surface area contributed by atoms with Gasteiger partial charge in [-0.1, -0.05) is 32.6 Å². The molecule has 0 aromatic rings. The van der Waals surface area contributed by atoms with Crippen molar-refractivity contribution in [1.29, 1.82) is 0 Å². The van der Waals surface area contributed by atoms with E-state index in [0.29, 0.717) is 12.8 Å². The summed E-state index contributed by atoms with van der Waals surface area (Å²) in [5.74, 6) is -66.9. The highest BCUT2D eigenvalue weighted by atomic mass is 19.4. The third-order valence-corrected chi connectivity index (χ3v) is 4.73. The molecule has 0 aromatic carbocycles. The van der Waals surface area contributed by atoms with Gasteiger partial charge in [0.1, 0.15) is 0 Å². The zero-order valence-electron chi connectivity index (χ0n) is 17.9. The minimum absolute atomic E-state index is 0.107. The number of rotatable bonds is 13. The molecule has 0 saturated heterocycles. The molecule has 0 aromatic heterocycles. The molecule has 0 heterocycles. The van der Waals surface area contributed by atoms with Crippen LogP contribution < -0.4 is 0 Å². The minimum Gasteiger partial charge on any atom is -0.477 e. The Balaban J connectivity index is 6.43. The van der Waals surface area contributed by atoms with Crippen LogP contribution in [0.5, 0.6) is 0 Å². The Bertz CT molecular complexity index is 869. The van der Waals surface area contributed by atoms with Crippen molar-refractivity contribution in [2.75, 3.05) is 0 Å². The average molecular weight is 586 g/mol. The molecule has 1 unspecified atom stereocenters. The lowest BCUT2D eigenvalue weighted by Gasteiger charge is -2.41. The van der Waals surface area contributed by atoms with Gasteiger partial charge in [-0.15, -0.1) is 0 Å². The maximum atomic E-state index is 13.6. The second-order valence-corrected chi connectivity index (χ2v) is 7.52. The smallest absolute Gasteiger partial charge is 0.410 e. The summed E-state index contributed by atoms with van der Waals surface area (Å²) in [5.41, 5.74) is 0. The van der Waals surface area contributed by atoms with Crippen LogP contribution in [0.4, 0.5) is 74.6 Å². The minimum atomic E-state index is -8.60. The lowest BCUT2D eigenvalue weighted by Crippen LogP contribution is -2.73. The normalized spacial score (nSPS) is 15.7. The fourth-order valence-corrected chi connectivity index (χ4v) is 2.37. The maximum Gasteiger partial charge on any atom is 0.410 e. The van der Waals surface area contributed by atoms with Crippen LogP contribution in [0.2, 0.25) is 0 Å². The lowest BCUT2D eigenvalue weighted by atomic mass is 9.89. The molecule has 0 rings (SSSR count). The van der Waals surface area contributed by atoms with Crippen molar-refractivity contribution >= 4 is 5.97 Å². The van der Waals surface area contributed by atoms with Gasteiger partial charge in [-0.25, -0.2) is 9.18 Å². The Kier molecular flexibility index (Phi) is 9.93. The van der Waals surface area contributed by atoms with E-state index in [1.165, 1.54) is 0 Å². The number of halogens is 17. The highest BCUT2D eigenvalue weighted by molar-refractivity contribution is 5.77. The van der Waals surface area contributed by atoms with Crippen molar-refractivity contribution < 1.29 is 84.5 Å². The lowest BCUT2D eigenvalue weighted by molar-refractivity contribution is -0.434. The van der Waals surface area contributed by atoms with E-state index in [-0.39, 0.29) is 18.8 Å². The van der Waals surface area contributed by atoms with Crippen LogP contribution in [0, 0.1) is 11.8 Å². The molecular weight excluding hydrogens is 571 g/mol. The van der Waals surface area contributed by atoms with Crippen molar-refractivity contribution in [2.24, 2.45) is 0 Å². The van der Waals surface area contributed by atoms with Crippen molar-refractivity contribution in [3.8, 4) is 11.8 Å². The summed E-state index contributed by atoms with van der Waals surface area (Å²) in [6.45, 7) is 1.63. The summed E-state index contributed by atoms with van der Waals surface area (Å²) in [5, 5.41) is 7.79. The van der Waals surface area contributed by atoms with E-state index >= 15 is 0 Å². The first-order valence-corrected chi connectivity index (χ1v) is 9.57. The van der Waals surface area contributed by atoms with Gasteiger partial charge in [0.15, 0.2) is 6.17 Å². The number of carboxylic acid groups (broad SMARTS) is 1. The number of aliphatic carboxylic acids is 1. The van der Waals surface area contributed by atoms with E-state index in [4.69, 9.17) is 5.11 Å². The predicted molar refractivity (Wildman–Crippen MR) is 88.6 cm³/mol. The molecule has 0 fully saturated rings. The number of unbranched alkanes of at least 4 members (excludes halogenated alkanes) is 3. The molecule has 1 N–H and O–H groups in total. The fraction of sp³-hybridized carbons (Fsp3) is 0.833. The highest BCUT2D eigenvalue weighted by Crippen LogP contribution is 2.62. The van der Waals surface area contributed by atoms with Crippen LogP contribution in [0.3, 0.4) is 0 Å². The molecular formula is C18H15F17O2. The number of carbonyl (C=O) groups is 1. The van der Waals surface area contributed by atoms with Crippen molar-refractivity contribution in [3.05, 3.63) is 0 Å². The van der Waals surface area contributed by atoms with Crippen molar-refractivity contribution in [2.45, 2.75) is 92.6 Å². The van der Waals surface area contributed by atoms with Crippen LogP contribution in [-0.2, 0) is 4.79 Å². The predicted octanol–water partition coefficient (Wildman–Crippen LogP) is 7.47. The molecule has 0 aliphatic rings. The van der Waals surface area contributed by atoms with Crippen LogP contribution in [0.1, 0.15) is 39.0 Å². The molecule has 218 valence electrons. The molecule has 19 heteroatoms. The van der Waals surface area contributed by atoms with Crippen molar-refractivity contribution in [3.63, 3.8) is 0 Å². The van der Waals surface area contributed by atoms with Gasteiger partial charge < -0.3 is 5.11 Å². The van der Waals surface area contributed by atoms with Gasteiger partial charge in [0.05, 0.1) is 0 Å². The average Bonchev–Trinajstić information content (AvgIpc) is 2.74. The maximum absolute atomic E-state index is 13.6. The molecule has 0 spiro atoms. The largest absolute Gasteiger partial charge is 0.477 e. The SMILES string of the molecule is CCCCCCC(F)C(F)(F)C#CC(F)(F)C(F)(F)C(F)(F)C(F)(F)C(F)(F)C(F)(F)C(F)(F)C(=O)O. The fourth-order valence-electron chi connectivity index (χ4n) is 2.37. The Labute approximate surface area is 196 Å². The quantitative estimate of drug-likeness (QED) is 0.138. The summed E-state index contributed by atoms with van der Waals surface area (Å²) in [4.78, 5) is 10.00. The molecule has 2 nitrogen and oxygen atoms in total. The van der Waals surface area contributed by atoms with Gasteiger partial charge in [0.2, 0.25) is 0 Å². The van der Waals surface area contributed by atoms with Crippen molar-refractivity contribution in [1.82, 2.24) is 0 Å². The van der Waals surface area contributed by atoms with E-state index in [0.717, 1.165) is 0 Å². The van der Waals surface area contributed by atoms with Gasteiger partial charge >= 0.3 is 53.3 Å². The van der Waals surface area contributed by atoms with Gasteiger partial charge in [-0.3, -0.25) is 0 Å². The topological polar surface area (TPSA) is 37.3 Å². The molecule has 0 saturated carbocycles. The zero-order valence-corrected chi connectivity index (χ0v) is 17.9. The third-order valence-electron chi connectivity index (χ3n) is 4.73. The molecule has 37 heavy (non-hydrogen) atoms. The Morgan fingerprint density at radius 2 is 1.05 bits per heavy atom. The van der Waals surface area contributed by atoms with E-state index in [1.807, 2.05) is 0 Å². The number of alkyl halides is 17. The summed E-state index contributed by atoms with van der Waals surface area (Å²) < 4.78 is 228. The number of hydrogen-bond acceptors (Lipinski definition) is 1. The summed E-state index contributed by atoms with van der Waals surface area (Å²) in [6.07, 6.45) is -3.99. The second-order valence-electron chi connectivity index (χ2n) is 7.52. The monoisotopic (exact) mass is 586 g/mol. The molecule has 0 radical (unpaired) electrons. The van der Waals surface area contributed by atoms with E-state index in [2.05, 4.69) is 0 Å². The molecule has 0 amide bonds. The summed E-state index contributed by atoms with van der Waals surface area (Å²) in [7, 11) is 0. The van der Waals surface area contributed by atoms with Gasteiger partial charge in [0.25, 0.3) is 0 Å². The first-order chi connectivity index (χ1) is 16.1. The second kappa shape index (κ2) is 10.5. The molecule has 0 aliphatic heterocycles. The summed E-state index contributed by atoms with van der Waals surface area (Å²) in [6, 6.07) is 0. The third kappa shape index (κ3) is 5.81. The Morgan fingerprint density at radius 3 is 1.46 bits per heavy atom. The Hall–Kier alpha value is -2.16. The standard InChI is InChI=1S/C18H15F17O2/c1-2-3-4-5-6-9(19)11(20,21)7-8-12(22,23)14(26,27)16(30,31)18(34,35)17(32,33)15(28,29)13(24,25)10(36)37/h9H,2-6H2,1H3,(H,36,37). The molecule has 0 aliphatic carbocycles. The molecule has 0 bridgehead atoms. The number of hydrogen-bond donors (Lipinski definition) is 1.